The monoisotopic (exact) mass is 351 g/mol. The van der Waals surface area contributed by atoms with Gasteiger partial charge in [0.2, 0.25) is 0 Å². The van der Waals surface area contributed by atoms with Gasteiger partial charge in [0.1, 0.15) is 11.6 Å². The molecule has 0 heterocycles. The molecule has 2 bridgehead atoms. The number of hydrogen-bond acceptors (Lipinski definition) is 3. The van der Waals surface area contributed by atoms with Crippen LogP contribution in [0.25, 0.3) is 0 Å². The van der Waals surface area contributed by atoms with Crippen LogP contribution in [-0.2, 0) is 4.79 Å². The predicted molar refractivity (Wildman–Crippen MR) is 104 cm³/mol. The van der Waals surface area contributed by atoms with Gasteiger partial charge in [-0.3, -0.25) is 4.79 Å². The highest BCUT2D eigenvalue weighted by atomic mass is 16.1. The lowest BCUT2D eigenvalue weighted by Crippen LogP contribution is -2.34. The maximum atomic E-state index is 12.5. The second kappa shape index (κ2) is 7.95. The van der Waals surface area contributed by atoms with Gasteiger partial charge in [-0.1, -0.05) is 38.5 Å². The number of amides is 1. The van der Waals surface area contributed by atoms with Crippen LogP contribution < -0.4 is 10.6 Å². The highest BCUT2D eigenvalue weighted by molar-refractivity contribution is 6.06. The van der Waals surface area contributed by atoms with Crippen LogP contribution in [-0.4, -0.2) is 11.9 Å². The van der Waals surface area contributed by atoms with E-state index < -0.39 is 0 Å². The third-order valence-electron chi connectivity index (χ3n) is 6.12. The Labute approximate surface area is 156 Å². The quantitative estimate of drug-likeness (QED) is 0.583. The number of benzene rings is 1. The molecule has 4 unspecified atom stereocenters. The van der Waals surface area contributed by atoms with Crippen molar-refractivity contribution in [1.82, 2.24) is 5.32 Å². The minimum Gasteiger partial charge on any atom is -0.387 e. The molecule has 1 amide bonds. The molecule has 1 aromatic carbocycles. The summed E-state index contributed by atoms with van der Waals surface area (Å²) in [6, 6.07) is 10.1. The van der Waals surface area contributed by atoms with Crippen molar-refractivity contribution in [2.45, 2.75) is 58.4 Å². The average molecular weight is 351 g/mol. The van der Waals surface area contributed by atoms with Crippen molar-refractivity contribution in [3.8, 4) is 6.07 Å². The summed E-state index contributed by atoms with van der Waals surface area (Å²) in [6.45, 7) is 6.35. The third kappa shape index (κ3) is 3.93. The maximum Gasteiger partial charge on any atom is 0.267 e. The van der Waals surface area contributed by atoms with Crippen LogP contribution in [0.3, 0.4) is 0 Å². The van der Waals surface area contributed by atoms with E-state index >= 15 is 0 Å². The number of rotatable bonds is 6. The first-order chi connectivity index (χ1) is 12.5. The molecule has 2 aliphatic carbocycles. The van der Waals surface area contributed by atoms with Crippen molar-refractivity contribution in [2.75, 3.05) is 5.32 Å². The Balaban J connectivity index is 1.64. The van der Waals surface area contributed by atoms with Crippen LogP contribution in [0.1, 0.15) is 57.9 Å². The predicted octanol–water partition coefficient (Wildman–Crippen LogP) is 4.57. The molecular formula is C22H29N3O. The molecular weight excluding hydrogens is 322 g/mol. The average Bonchev–Trinajstić information content (AvgIpc) is 3.25. The molecule has 0 spiro atoms. The van der Waals surface area contributed by atoms with E-state index in [1.54, 1.807) is 6.20 Å². The van der Waals surface area contributed by atoms with Crippen LogP contribution in [0.5, 0.6) is 0 Å². The van der Waals surface area contributed by atoms with Crippen LogP contribution in [0.4, 0.5) is 5.69 Å². The van der Waals surface area contributed by atoms with Crippen molar-refractivity contribution in [2.24, 2.45) is 17.8 Å². The number of carbonyl (C=O) groups is 1. The van der Waals surface area contributed by atoms with E-state index in [0.29, 0.717) is 17.9 Å². The molecule has 138 valence electrons. The smallest absolute Gasteiger partial charge is 0.267 e. The molecule has 0 saturated heterocycles. The summed E-state index contributed by atoms with van der Waals surface area (Å²) in [5, 5.41) is 15.6. The third-order valence-corrected chi connectivity index (χ3v) is 6.12. The molecule has 4 nitrogen and oxygen atoms in total. The first-order valence-electron chi connectivity index (χ1n) is 9.76. The fourth-order valence-corrected chi connectivity index (χ4v) is 4.70. The first kappa shape index (κ1) is 18.5. The zero-order valence-electron chi connectivity index (χ0n) is 16.0. The van der Waals surface area contributed by atoms with Crippen molar-refractivity contribution < 1.29 is 4.79 Å². The van der Waals surface area contributed by atoms with E-state index in [9.17, 15) is 10.1 Å². The van der Waals surface area contributed by atoms with Gasteiger partial charge < -0.3 is 10.6 Å². The molecule has 2 aliphatic rings. The number of para-hydroxylation sites is 1. The molecule has 2 fully saturated rings. The number of fused-ring (bicyclic) bond motifs is 2. The summed E-state index contributed by atoms with van der Waals surface area (Å²) in [5.74, 6) is 2.32. The fourth-order valence-electron chi connectivity index (χ4n) is 4.70. The topological polar surface area (TPSA) is 64.9 Å². The molecule has 3 rings (SSSR count). The van der Waals surface area contributed by atoms with Gasteiger partial charge in [-0.15, -0.1) is 0 Å². The summed E-state index contributed by atoms with van der Waals surface area (Å²) in [5.41, 5.74) is 1.97. The van der Waals surface area contributed by atoms with Gasteiger partial charge in [0.15, 0.2) is 0 Å². The molecule has 2 saturated carbocycles. The largest absolute Gasteiger partial charge is 0.387 e. The van der Waals surface area contributed by atoms with Crippen molar-refractivity contribution in [3.05, 3.63) is 41.6 Å². The Morgan fingerprint density at radius 1 is 1.23 bits per heavy atom. The van der Waals surface area contributed by atoms with Crippen LogP contribution >= 0.6 is 0 Å². The van der Waals surface area contributed by atoms with Gasteiger partial charge in [-0.05, 0) is 61.5 Å². The Kier molecular flexibility index (Phi) is 5.66. The summed E-state index contributed by atoms with van der Waals surface area (Å²) in [7, 11) is 0. The minimum absolute atomic E-state index is 0.124. The van der Waals surface area contributed by atoms with Gasteiger partial charge in [0.05, 0.1) is 0 Å². The van der Waals surface area contributed by atoms with E-state index in [1.807, 2.05) is 30.3 Å². The summed E-state index contributed by atoms with van der Waals surface area (Å²) >= 11 is 0. The Morgan fingerprint density at radius 2 is 2.00 bits per heavy atom. The van der Waals surface area contributed by atoms with Gasteiger partial charge in [0.25, 0.3) is 5.91 Å². The summed E-state index contributed by atoms with van der Waals surface area (Å²) in [6.07, 6.45) is 6.96. The molecule has 4 atom stereocenters. The lowest BCUT2D eigenvalue weighted by molar-refractivity contribution is -0.112. The zero-order valence-corrected chi connectivity index (χ0v) is 16.0. The fraction of sp³-hybridized carbons (Fsp3) is 0.545. The zero-order chi connectivity index (χ0) is 18.7. The number of nitrogens with one attached hydrogen (secondary N) is 2. The van der Waals surface area contributed by atoms with Gasteiger partial charge in [0, 0.05) is 17.9 Å². The summed E-state index contributed by atoms with van der Waals surface area (Å²) < 4.78 is 0. The Morgan fingerprint density at radius 3 is 2.62 bits per heavy atom. The highest BCUT2D eigenvalue weighted by Gasteiger charge is 2.41. The highest BCUT2D eigenvalue weighted by Crippen LogP contribution is 2.49. The van der Waals surface area contributed by atoms with E-state index in [0.717, 1.165) is 23.1 Å². The number of hydrogen-bond donors (Lipinski definition) is 2. The molecule has 2 N–H and O–H groups in total. The van der Waals surface area contributed by atoms with E-state index in [-0.39, 0.29) is 11.5 Å². The van der Waals surface area contributed by atoms with Gasteiger partial charge in [-0.25, -0.2) is 0 Å². The first-order valence-corrected chi connectivity index (χ1v) is 9.76. The number of nitriles is 1. The standard InChI is InChI=1S/C22H29N3O/c1-14(2)19-6-4-5-7-21(19)25-22(26)18(12-23)13-24-15(3)20-11-16-8-9-17(20)10-16/h4-7,13-17,20,24H,8-11H2,1-3H3,(H,25,26)/b18-13-. The van der Waals surface area contributed by atoms with Crippen LogP contribution in [0.15, 0.2) is 36.0 Å². The molecule has 0 aromatic heterocycles. The van der Waals surface area contributed by atoms with Crippen LogP contribution in [0, 0.1) is 29.1 Å². The molecule has 4 heteroatoms. The summed E-state index contributed by atoms with van der Waals surface area (Å²) in [4.78, 5) is 12.5. The number of anilines is 1. The molecule has 26 heavy (non-hydrogen) atoms. The SMILES string of the molecule is CC(C)c1ccccc1NC(=O)/C(C#N)=C\NC(C)C1CC2CCC1C2. The van der Waals surface area contributed by atoms with E-state index in [4.69, 9.17) is 0 Å². The van der Waals surface area contributed by atoms with E-state index in [1.165, 1.54) is 25.7 Å². The normalized spacial score (nSPS) is 25.8. The molecule has 0 radical (unpaired) electrons. The van der Waals surface area contributed by atoms with Gasteiger partial charge >= 0.3 is 0 Å². The second-order valence-electron chi connectivity index (χ2n) is 8.16. The number of carbonyl (C=O) groups excluding carboxylic acids is 1. The lowest BCUT2D eigenvalue weighted by Gasteiger charge is -2.28. The van der Waals surface area contributed by atoms with Gasteiger partial charge in [-0.2, -0.15) is 5.26 Å². The van der Waals surface area contributed by atoms with Crippen LogP contribution in [0.2, 0.25) is 0 Å². The minimum atomic E-state index is -0.353. The maximum absolute atomic E-state index is 12.5. The Bertz CT molecular complexity index is 731. The van der Waals surface area contributed by atoms with Crippen molar-refractivity contribution in [3.63, 3.8) is 0 Å². The Hall–Kier alpha value is -2.28. The molecule has 1 aromatic rings. The lowest BCUT2D eigenvalue weighted by atomic mass is 9.84. The number of nitrogens with zero attached hydrogens (tertiary/aromatic N) is 1. The molecule has 0 aliphatic heterocycles. The van der Waals surface area contributed by atoms with Crippen molar-refractivity contribution in [1.29, 1.82) is 5.26 Å². The second-order valence-corrected chi connectivity index (χ2v) is 8.16. The van der Waals surface area contributed by atoms with Crippen molar-refractivity contribution >= 4 is 11.6 Å². The van der Waals surface area contributed by atoms with E-state index in [2.05, 4.69) is 31.4 Å².